The van der Waals surface area contributed by atoms with E-state index in [4.69, 9.17) is 4.42 Å². The summed E-state index contributed by atoms with van der Waals surface area (Å²) in [5.41, 5.74) is 0.542. The maximum Gasteiger partial charge on any atom is 0.295 e. The molecule has 7 heteroatoms. The first-order chi connectivity index (χ1) is 10.0. The summed E-state index contributed by atoms with van der Waals surface area (Å²) in [4.78, 5) is 0. The Balaban J connectivity index is 2.11. The van der Waals surface area contributed by atoms with Crippen LogP contribution in [0.5, 0.6) is 0 Å². The molecule has 0 aliphatic carbocycles. The third-order valence-electron chi connectivity index (χ3n) is 2.75. The first kappa shape index (κ1) is 16.3. The lowest BCUT2D eigenvalue weighted by molar-refractivity contribution is 0.403. The zero-order valence-electron chi connectivity index (χ0n) is 11.6. The van der Waals surface area contributed by atoms with Crippen molar-refractivity contribution in [2.45, 2.75) is 25.0 Å². The van der Waals surface area contributed by atoms with Crippen molar-refractivity contribution in [3.05, 3.63) is 45.7 Å². The Kier molecular flexibility index (Phi) is 5.65. The summed E-state index contributed by atoms with van der Waals surface area (Å²) < 4.78 is 33.3. The summed E-state index contributed by atoms with van der Waals surface area (Å²) in [7, 11) is -3.69. The van der Waals surface area contributed by atoms with Gasteiger partial charge in [0.15, 0.2) is 0 Å². The quantitative estimate of drug-likeness (QED) is 0.533. The third kappa shape index (κ3) is 4.45. The van der Waals surface area contributed by atoms with E-state index in [1.165, 1.54) is 6.07 Å². The predicted molar refractivity (Wildman–Crippen MR) is 90.7 cm³/mol. The summed E-state index contributed by atoms with van der Waals surface area (Å²) in [6.07, 6.45) is 1.01. The first-order valence-corrected chi connectivity index (χ1v) is 9.16. The molecule has 0 aliphatic heterocycles. The van der Waals surface area contributed by atoms with Gasteiger partial charge in [0, 0.05) is 3.57 Å². The van der Waals surface area contributed by atoms with Crippen LogP contribution in [0.3, 0.4) is 0 Å². The highest BCUT2D eigenvalue weighted by molar-refractivity contribution is 14.1. The largest absolute Gasteiger partial charge is 0.446 e. The van der Waals surface area contributed by atoms with Gasteiger partial charge in [0.05, 0.1) is 12.2 Å². The van der Waals surface area contributed by atoms with E-state index in [0.717, 1.165) is 16.5 Å². The average molecular weight is 420 g/mol. The molecule has 2 rings (SSSR count). The second-order valence-electron chi connectivity index (χ2n) is 4.48. The van der Waals surface area contributed by atoms with Crippen molar-refractivity contribution in [1.29, 1.82) is 0 Å². The lowest BCUT2D eigenvalue weighted by atomic mass is 10.3. The van der Waals surface area contributed by atoms with Crippen molar-refractivity contribution in [1.82, 2.24) is 5.32 Å². The highest BCUT2D eigenvalue weighted by Gasteiger charge is 2.19. The second-order valence-corrected chi connectivity index (χ2v) is 7.26. The summed E-state index contributed by atoms with van der Waals surface area (Å²) in [5, 5.41) is 3.09. The van der Waals surface area contributed by atoms with E-state index >= 15 is 0 Å². The molecule has 1 aromatic carbocycles. The molecule has 114 valence electrons. The molecule has 2 N–H and O–H groups in total. The maximum absolute atomic E-state index is 12.3. The van der Waals surface area contributed by atoms with Crippen molar-refractivity contribution in [2.75, 3.05) is 11.3 Å². The van der Waals surface area contributed by atoms with Crippen LogP contribution < -0.4 is 10.0 Å². The number of nitrogens with one attached hydrogen (secondary N) is 2. The molecule has 0 aliphatic rings. The van der Waals surface area contributed by atoms with E-state index in [9.17, 15) is 8.42 Å². The number of halogens is 1. The fourth-order valence-corrected chi connectivity index (χ4v) is 3.46. The van der Waals surface area contributed by atoms with Gasteiger partial charge in [0.1, 0.15) is 5.76 Å². The van der Waals surface area contributed by atoms with Crippen LogP contribution >= 0.6 is 22.6 Å². The fourth-order valence-electron chi connectivity index (χ4n) is 1.73. The number of hydrogen-bond acceptors (Lipinski definition) is 4. The van der Waals surface area contributed by atoms with Gasteiger partial charge in [-0.3, -0.25) is 4.72 Å². The van der Waals surface area contributed by atoms with Gasteiger partial charge in [0.2, 0.25) is 5.09 Å². The minimum atomic E-state index is -3.69. The van der Waals surface area contributed by atoms with E-state index < -0.39 is 10.0 Å². The second kappa shape index (κ2) is 7.28. The van der Waals surface area contributed by atoms with Gasteiger partial charge in [-0.1, -0.05) is 19.1 Å². The molecule has 0 spiro atoms. The number of sulfonamides is 1. The van der Waals surface area contributed by atoms with Crippen LogP contribution in [0.15, 0.2) is 45.9 Å². The standard InChI is InChI=1S/C14H17IN2O3S/c1-2-9-16-10-11-7-8-14(20-11)21(18,19)17-13-6-4-3-5-12(13)15/h3-8,16-17H,2,9-10H2,1H3. The summed E-state index contributed by atoms with van der Waals surface area (Å²) in [6, 6.07) is 10.3. The van der Waals surface area contributed by atoms with Gasteiger partial charge in [-0.15, -0.1) is 0 Å². The molecular weight excluding hydrogens is 403 g/mol. The van der Waals surface area contributed by atoms with Crippen LogP contribution in [0, 0.1) is 3.57 Å². The lowest BCUT2D eigenvalue weighted by Gasteiger charge is -2.07. The normalized spacial score (nSPS) is 11.5. The Hall–Kier alpha value is -1.06. The molecule has 0 amide bonds. The van der Waals surface area contributed by atoms with E-state index in [1.807, 2.05) is 12.1 Å². The van der Waals surface area contributed by atoms with Gasteiger partial charge in [0.25, 0.3) is 10.0 Å². The molecule has 0 bridgehead atoms. The minimum absolute atomic E-state index is 0.0737. The van der Waals surface area contributed by atoms with Crippen molar-refractivity contribution in [3.8, 4) is 0 Å². The number of benzene rings is 1. The molecule has 2 aromatic rings. The Morgan fingerprint density at radius 3 is 2.67 bits per heavy atom. The topological polar surface area (TPSA) is 71.3 Å². The Labute approximate surface area is 138 Å². The number of furan rings is 1. The molecule has 0 atom stereocenters. The smallest absolute Gasteiger partial charge is 0.295 e. The predicted octanol–water partition coefficient (Wildman–Crippen LogP) is 3.18. The fraction of sp³-hybridized carbons (Fsp3) is 0.286. The third-order valence-corrected chi connectivity index (χ3v) is 4.92. The highest BCUT2D eigenvalue weighted by Crippen LogP contribution is 2.22. The maximum atomic E-state index is 12.3. The highest BCUT2D eigenvalue weighted by atomic mass is 127. The molecule has 5 nitrogen and oxygen atoms in total. The van der Waals surface area contributed by atoms with E-state index in [-0.39, 0.29) is 5.09 Å². The van der Waals surface area contributed by atoms with Gasteiger partial charge in [-0.25, -0.2) is 0 Å². The SMILES string of the molecule is CCCNCc1ccc(S(=O)(=O)Nc2ccccc2I)o1. The van der Waals surface area contributed by atoms with E-state index in [2.05, 4.69) is 39.6 Å². The van der Waals surface area contributed by atoms with Gasteiger partial charge < -0.3 is 9.73 Å². The molecular formula is C14H17IN2O3S. The molecule has 21 heavy (non-hydrogen) atoms. The van der Waals surface area contributed by atoms with Crippen LogP contribution in [0.1, 0.15) is 19.1 Å². The molecule has 0 unspecified atom stereocenters. The molecule has 0 saturated heterocycles. The molecule has 0 radical (unpaired) electrons. The summed E-state index contributed by atoms with van der Waals surface area (Å²) in [5.74, 6) is 0.603. The summed E-state index contributed by atoms with van der Waals surface area (Å²) in [6.45, 7) is 3.45. The van der Waals surface area contributed by atoms with Gasteiger partial charge in [-0.05, 0) is 59.8 Å². The first-order valence-electron chi connectivity index (χ1n) is 6.59. The zero-order chi connectivity index (χ0) is 15.3. The Bertz CT molecular complexity index is 698. The van der Waals surface area contributed by atoms with Crippen LogP contribution in [0.4, 0.5) is 5.69 Å². The lowest BCUT2D eigenvalue weighted by Crippen LogP contribution is -2.14. The number of rotatable bonds is 7. The van der Waals surface area contributed by atoms with Crippen molar-refractivity contribution in [2.24, 2.45) is 0 Å². The molecule has 0 saturated carbocycles. The number of para-hydroxylation sites is 1. The Morgan fingerprint density at radius 2 is 1.95 bits per heavy atom. The van der Waals surface area contributed by atoms with E-state index in [1.54, 1.807) is 18.2 Å². The van der Waals surface area contributed by atoms with E-state index in [0.29, 0.717) is 18.0 Å². The van der Waals surface area contributed by atoms with Crippen LogP contribution in [-0.4, -0.2) is 15.0 Å². The summed E-state index contributed by atoms with van der Waals surface area (Å²) >= 11 is 2.08. The molecule has 1 aromatic heterocycles. The van der Waals surface area contributed by atoms with Crippen LogP contribution in [0.2, 0.25) is 0 Å². The minimum Gasteiger partial charge on any atom is -0.446 e. The molecule has 1 heterocycles. The van der Waals surface area contributed by atoms with Crippen molar-refractivity contribution >= 4 is 38.3 Å². The van der Waals surface area contributed by atoms with Crippen LogP contribution in [-0.2, 0) is 16.6 Å². The van der Waals surface area contributed by atoms with Crippen LogP contribution in [0.25, 0.3) is 0 Å². The zero-order valence-corrected chi connectivity index (χ0v) is 14.6. The van der Waals surface area contributed by atoms with Crippen molar-refractivity contribution < 1.29 is 12.8 Å². The Morgan fingerprint density at radius 1 is 1.19 bits per heavy atom. The monoisotopic (exact) mass is 420 g/mol. The van der Waals surface area contributed by atoms with Gasteiger partial charge >= 0.3 is 0 Å². The van der Waals surface area contributed by atoms with Gasteiger partial charge in [-0.2, -0.15) is 8.42 Å². The average Bonchev–Trinajstić information content (AvgIpc) is 2.91. The number of anilines is 1. The molecule has 0 fully saturated rings. The van der Waals surface area contributed by atoms with Crippen molar-refractivity contribution in [3.63, 3.8) is 0 Å². The number of hydrogen-bond donors (Lipinski definition) is 2.